The maximum atomic E-state index is 12.4. The van der Waals surface area contributed by atoms with Crippen molar-refractivity contribution >= 4 is 12.0 Å². The van der Waals surface area contributed by atoms with Crippen LogP contribution in [0.2, 0.25) is 0 Å². The number of aromatic nitrogens is 1. The summed E-state index contributed by atoms with van der Waals surface area (Å²) in [6.45, 7) is 0.432. The Hall–Kier alpha value is -3.40. The number of pyridine rings is 1. The van der Waals surface area contributed by atoms with Crippen LogP contribution in [-0.4, -0.2) is 10.9 Å². The van der Waals surface area contributed by atoms with E-state index in [1.54, 1.807) is 12.3 Å². The van der Waals surface area contributed by atoms with E-state index in [0.29, 0.717) is 6.61 Å². The fourth-order valence-electron chi connectivity index (χ4n) is 3.61. The Labute approximate surface area is 171 Å². The van der Waals surface area contributed by atoms with Gasteiger partial charge in [-0.3, -0.25) is 9.78 Å². The molecule has 1 N–H and O–H groups in total. The minimum atomic E-state index is -0.0674. The molecule has 1 aliphatic carbocycles. The van der Waals surface area contributed by atoms with E-state index >= 15 is 0 Å². The SMILES string of the molecule is O=C(/C=C/c1ccc(OCc2ccccn2)cc1)NC1CCCc2ccccc21. The number of carbonyl (C=O) groups is 1. The number of benzene rings is 2. The summed E-state index contributed by atoms with van der Waals surface area (Å²) in [4.78, 5) is 16.6. The van der Waals surface area contributed by atoms with Crippen LogP contribution in [0.4, 0.5) is 0 Å². The molecule has 0 aliphatic heterocycles. The van der Waals surface area contributed by atoms with Crippen LogP contribution in [0.5, 0.6) is 5.75 Å². The van der Waals surface area contributed by atoms with Crippen LogP contribution in [-0.2, 0) is 17.8 Å². The minimum Gasteiger partial charge on any atom is -0.487 e. The van der Waals surface area contributed by atoms with Gasteiger partial charge in [-0.15, -0.1) is 0 Å². The van der Waals surface area contributed by atoms with E-state index in [-0.39, 0.29) is 11.9 Å². The second-order valence-electron chi connectivity index (χ2n) is 7.16. The number of hydrogen-bond donors (Lipinski definition) is 1. The lowest BCUT2D eigenvalue weighted by Gasteiger charge is -2.25. The molecule has 0 saturated carbocycles. The van der Waals surface area contributed by atoms with Crippen LogP contribution in [0.1, 0.15) is 41.3 Å². The molecule has 4 rings (SSSR count). The largest absolute Gasteiger partial charge is 0.487 e. The number of nitrogens with zero attached hydrogens (tertiary/aromatic N) is 1. The van der Waals surface area contributed by atoms with Gasteiger partial charge in [-0.1, -0.05) is 42.5 Å². The van der Waals surface area contributed by atoms with Gasteiger partial charge < -0.3 is 10.1 Å². The van der Waals surface area contributed by atoms with Crippen LogP contribution >= 0.6 is 0 Å². The molecular formula is C25H24N2O2. The summed E-state index contributed by atoms with van der Waals surface area (Å²) in [6.07, 6.45) is 8.36. The number of carbonyl (C=O) groups excluding carboxylic acids is 1. The molecule has 2 aromatic carbocycles. The van der Waals surface area contributed by atoms with E-state index in [1.807, 2.05) is 54.6 Å². The van der Waals surface area contributed by atoms with Gasteiger partial charge >= 0.3 is 0 Å². The zero-order chi connectivity index (χ0) is 19.9. The molecule has 4 nitrogen and oxygen atoms in total. The van der Waals surface area contributed by atoms with Gasteiger partial charge in [-0.25, -0.2) is 0 Å². The number of ether oxygens (including phenoxy) is 1. The molecule has 3 aromatic rings. The quantitative estimate of drug-likeness (QED) is 0.617. The second-order valence-corrected chi connectivity index (χ2v) is 7.16. The van der Waals surface area contributed by atoms with Crippen molar-refractivity contribution in [1.82, 2.24) is 10.3 Å². The Morgan fingerprint density at radius 2 is 1.90 bits per heavy atom. The van der Waals surface area contributed by atoms with Crippen LogP contribution in [0.15, 0.2) is 79.0 Å². The Morgan fingerprint density at radius 1 is 1.07 bits per heavy atom. The van der Waals surface area contributed by atoms with Crippen LogP contribution in [0, 0.1) is 0 Å². The Balaban J connectivity index is 1.31. The highest BCUT2D eigenvalue weighted by Crippen LogP contribution is 2.29. The summed E-state index contributed by atoms with van der Waals surface area (Å²) in [6, 6.07) is 21.9. The van der Waals surface area contributed by atoms with Crippen molar-refractivity contribution in [2.24, 2.45) is 0 Å². The van der Waals surface area contributed by atoms with Gasteiger partial charge in [0.25, 0.3) is 0 Å². The highest BCUT2D eigenvalue weighted by molar-refractivity contribution is 5.92. The highest BCUT2D eigenvalue weighted by Gasteiger charge is 2.20. The number of fused-ring (bicyclic) bond motifs is 1. The Morgan fingerprint density at radius 3 is 2.72 bits per heavy atom. The third-order valence-corrected chi connectivity index (χ3v) is 5.11. The molecule has 1 heterocycles. The van der Waals surface area contributed by atoms with E-state index in [9.17, 15) is 4.79 Å². The van der Waals surface area contributed by atoms with Gasteiger partial charge in [-0.05, 0) is 66.3 Å². The second kappa shape index (κ2) is 9.20. The molecule has 1 unspecified atom stereocenters. The first-order valence-electron chi connectivity index (χ1n) is 9.97. The fourth-order valence-corrected chi connectivity index (χ4v) is 3.61. The maximum absolute atomic E-state index is 12.4. The van der Waals surface area contributed by atoms with E-state index in [2.05, 4.69) is 28.5 Å². The molecule has 1 aromatic heterocycles. The van der Waals surface area contributed by atoms with Crippen molar-refractivity contribution in [3.63, 3.8) is 0 Å². The number of hydrogen-bond acceptors (Lipinski definition) is 3. The van der Waals surface area contributed by atoms with E-state index < -0.39 is 0 Å². The smallest absolute Gasteiger partial charge is 0.244 e. The number of nitrogens with one attached hydrogen (secondary N) is 1. The lowest BCUT2D eigenvalue weighted by atomic mass is 9.88. The van der Waals surface area contributed by atoms with Crippen molar-refractivity contribution in [3.8, 4) is 5.75 Å². The molecular weight excluding hydrogens is 360 g/mol. The minimum absolute atomic E-state index is 0.0674. The molecule has 0 radical (unpaired) electrons. The van der Waals surface area contributed by atoms with Crippen molar-refractivity contribution < 1.29 is 9.53 Å². The average molecular weight is 384 g/mol. The van der Waals surface area contributed by atoms with E-state index in [4.69, 9.17) is 4.74 Å². The monoisotopic (exact) mass is 384 g/mol. The van der Waals surface area contributed by atoms with Crippen molar-refractivity contribution in [3.05, 3.63) is 101 Å². The lowest BCUT2D eigenvalue weighted by molar-refractivity contribution is -0.117. The molecule has 1 amide bonds. The van der Waals surface area contributed by atoms with Gasteiger partial charge in [0.05, 0.1) is 11.7 Å². The first-order chi connectivity index (χ1) is 14.3. The maximum Gasteiger partial charge on any atom is 0.244 e. The highest BCUT2D eigenvalue weighted by atomic mass is 16.5. The molecule has 1 atom stereocenters. The average Bonchev–Trinajstić information content (AvgIpc) is 2.78. The first kappa shape index (κ1) is 18.9. The Kier molecular flexibility index (Phi) is 6.01. The van der Waals surface area contributed by atoms with Crippen LogP contribution < -0.4 is 10.1 Å². The van der Waals surface area contributed by atoms with Gasteiger partial charge in [0.2, 0.25) is 5.91 Å². The van der Waals surface area contributed by atoms with E-state index in [1.165, 1.54) is 11.1 Å². The summed E-state index contributed by atoms with van der Waals surface area (Å²) >= 11 is 0. The zero-order valence-electron chi connectivity index (χ0n) is 16.3. The fraction of sp³-hybridized carbons (Fsp3) is 0.200. The number of aryl methyl sites for hydroxylation is 1. The lowest BCUT2D eigenvalue weighted by Crippen LogP contribution is -2.29. The third kappa shape index (κ3) is 5.11. The predicted octanol–water partition coefficient (Wildman–Crippen LogP) is 4.87. The standard InChI is InChI=1S/C25H24N2O2/c28-25(27-24-10-5-7-20-6-1-2-9-23(20)24)16-13-19-11-14-22(15-12-19)29-18-21-8-3-4-17-26-21/h1-4,6,8-9,11-17,24H,5,7,10,18H2,(H,27,28)/b16-13+. The van der Waals surface area contributed by atoms with Crippen molar-refractivity contribution in [2.45, 2.75) is 31.9 Å². The molecule has 0 fully saturated rings. The predicted molar refractivity (Wildman–Crippen MR) is 114 cm³/mol. The van der Waals surface area contributed by atoms with Gasteiger partial charge in [0.1, 0.15) is 12.4 Å². The molecule has 1 aliphatic rings. The first-order valence-corrected chi connectivity index (χ1v) is 9.97. The third-order valence-electron chi connectivity index (χ3n) is 5.11. The van der Waals surface area contributed by atoms with Gasteiger partial charge in [-0.2, -0.15) is 0 Å². The van der Waals surface area contributed by atoms with Crippen molar-refractivity contribution in [1.29, 1.82) is 0 Å². The molecule has 0 bridgehead atoms. The summed E-state index contributed by atoms with van der Waals surface area (Å²) in [5.41, 5.74) is 4.43. The van der Waals surface area contributed by atoms with E-state index in [0.717, 1.165) is 36.3 Å². The summed E-state index contributed by atoms with van der Waals surface area (Å²) in [5, 5.41) is 3.14. The van der Waals surface area contributed by atoms with Crippen LogP contribution in [0.3, 0.4) is 0 Å². The molecule has 146 valence electrons. The van der Waals surface area contributed by atoms with Crippen LogP contribution in [0.25, 0.3) is 6.08 Å². The summed E-state index contributed by atoms with van der Waals surface area (Å²) in [5.74, 6) is 0.707. The normalized spacial score (nSPS) is 15.7. The van der Waals surface area contributed by atoms with Crippen molar-refractivity contribution in [2.75, 3.05) is 0 Å². The molecule has 4 heteroatoms. The molecule has 0 spiro atoms. The topological polar surface area (TPSA) is 51.2 Å². The van der Waals surface area contributed by atoms with Gasteiger partial charge in [0.15, 0.2) is 0 Å². The molecule has 29 heavy (non-hydrogen) atoms. The summed E-state index contributed by atoms with van der Waals surface area (Å²) in [7, 11) is 0. The Bertz CT molecular complexity index is 981. The zero-order valence-corrected chi connectivity index (χ0v) is 16.3. The molecule has 0 saturated heterocycles. The van der Waals surface area contributed by atoms with Gasteiger partial charge in [0, 0.05) is 12.3 Å². The number of rotatable bonds is 6. The number of amides is 1. The summed E-state index contributed by atoms with van der Waals surface area (Å²) < 4.78 is 5.74.